The Morgan fingerprint density at radius 2 is 1.67 bits per heavy atom. The second-order valence-corrected chi connectivity index (χ2v) is 9.65. The van der Waals surface area contributed by atoms with E-state index in [1.807, 2.05) is 25.1 Å². The molecule has 0 aliphatic heterocycles. The molecule has 3 rings (SSSR count). The first-order chi connectivity index (χ1) is 15.7. The number of amides is 1. The molecule has 1 N–H and O–H groups in total. The average Bonchev–Trinajstić information content (AvgIpc) is 2.80. The van der Waals surface area contributed by atoms with Gasteiger partial charge in [-0.1, -0.05) is 54.1 Å². The standard InChI is InChI=1S/C25H27FN2O4S/c1-18-12-14-21(15-13-18)33(30,31)28(16-20-8-4-6-10-23(20)26)17-25(29)27-19(2)22-9-5-7-11-24(22)32-3/h4-15,19H,16-17H2,1-3H3,(H,27,29)/t19-/m1/s1. The Bertz CT molecular complexity index is 1210. The van der Waals surface area contributed by atoms with Crippen LogP contribution in [0.15, 0.2) is 77.7 Å². The topological polar surface area (TPSA) is 75.7 Å². The largest absolute Gasteiger partial charge is 0.496 e. The SMILES string of the molecule is COc1ccccc1[C@@H](C)NC(=O)CN(Cc1ccccc1F)S(=O)(=O)c1ccc(C)cc1. The minimum Gasteiger partial charge on any atom is -0.496 e. The number of benzene rings is 3. The lowest BCUT2D eigenvalue weighted by atomic mass is 10.1. The number of hydrogen-bond donors (Lipinski definition) is 1. The molecular weight excluding hydrogens is 443 g/mol. The van der Waals surface area contributed by atoms with Gasteiger partial charge < -0.3 is 10.1 Å². The molecule has 0 saturated heterocycles. The molecule has 3 aromatic carbocycles. The van der Waals surface area contributed by atoms with Crippen molar-refractivity contribution in [3.63, 3.8) is 0 Å². The third-order valence-corrected chi connectivity index (χ3v) is 7.07. The second kappa shape index (κ2) is 10.6. The Balaban J connectivity index is 1.86. The molecule has 0 aliphatic rings. The van der Waals surface area contributed by atoms with Crippen LogP contribution in [0, 0.1) is 12.7 Å². The Kier molecular flexibility index (Phi) is 7.84. The van der Waals surface area contributed by atoms with Gasteiger partial charge in [0, 0.05) is 17.7 Å². The molecule has 0 spiro atoms. The third-order valence-electron chi connectivity index (χ3n) is 5.27. The number of hydrogen-bond acceptors (Lipinski definition) is 4. The Morgan fingerprint density at radius 1 is 1.03 bits per heavy atom. The van der Waals surface area contributed by atoms with Crippen molar-refractivity contribution in [2.75, 3.05) is 13.7 Å². The van der Waals surface area contributed by atoms with Crippen molar-refractivity contribution < 1.29 is 22.3 Å². The molecule has 1 atom stereocenters. The first-order valence-corrected chi connectivity index (χ1v) is 11.9. The van der Waals surface area contributed by atoms with Gasteiger partial charge in [0.15, 0.2) is 0 Å². The highest BCUT2D eigenvalue weighted by Gasteiger charge is 2.28. The van der Waals surface area contributed by atoms with Gasteiger partial charge in [-0.3, -0.25) is 4.79 Å². The number of methoxy groups -OCH3 is 1. The lowest BCUT2D eigenvalue weighted by Gasteiger charge is -2.24. The Labute approximate surface area is 194 Å². The predicted octanol–water partition coefficient (Wildman–Crippen LogP) is 4.21. The smallest absolute Gasteiger partial charge is 0.243 e. The molecule has 0 saturated carbocycles. The molecule has 8 heteroatoms. The maximum absolute atomic E-state index is 14.3. The second-order valence-electron chi connectivity index (χ2n) is 7.71. The van der Waals surface area contributed by atoms with E-state index in [2.05, 4.69) is 5.32 Å². The monoisotopic (exact) mass is 470 g/mol. The number of ether oxygens (including phenoxy) is 1. The van der Waals surface area contributed by atoms with E-state index in [0.29, 0.717) is 5.75 Å². The fourth-order valence-electron chi connectivity index (χ4n) is 3.45. The fraction of sp³-hybridized carbons (Fsp3) is 0.240. The maximum Gasteiger partial charge on any atom is 0.243 e. The quantitative estimate of drug-likeness (QED) is 0.508. The van der Waals surface area contributed by atoms with Crippen molar-refractivity contribution >= 4 is 15.9 Å². The van der Waals surface area contributed by atoms with Crippen LogP contribution in [0.5, 0.6) is 5.75 Å². The minimum absolute atomic E-state index is 0.0371. The molecule has 0 radical (unpaired) electrons. The molecule has 6 nitrogen and oxygen atoms in total. The van der Waals surface area contributed by atoms with E-state index in [4.69, 9.17) is 4.74 Å². The van der Waals surface area contributed by atoms with E-state index in [9.17, 15) is 17.6 Å². The van der Waals surface area contributed by atoms with Gasteiger partial charge in [-0.15, -0.1) is 0 Å². The van der Waals surface area contributed by atoms with Crippen LogP contribution in [0.4, 0.5) is 4.39 Å². The zero-order valence-corrected chi connectivity index (χ0v) is 19.6. The Morgan fingerprint density at radius 3 is 2.33 bits per heavy atom. The van der Waals surface area contributed by atoms with Crippen LogP contribution in [-0.4, -0.2) is 32.3 Å². The highest BCUT2D eigenvalue weighted by molar-refractivity contribution is 7.89. The summed E-state index contributed by atoms with van der Waals surface area (Å²) in [5.74, 6) is -0.439. The molecule has 0 aromatic heterocycles. The summed E-state index contributed by atoms with van der Waals surface area (Å²) in [6.45, 7) is 2.88. The van der Waals surface area contributed by atoms with Crippen LogP contribution < -0.4 is 10.1 Å². The summed E-state index contributed by atoms with van der Waals surface area (Å²) in [6.07, 6.45) is 0. The van der Waals surface area contributed by atoms with Gasteiger partial charge in [-0.2, -0.15) is 4.31 Å². The number of carbonyl (C=O) groups excluding carboxylic acids is 1. The van der Waals surface area contributed by atoms with E-state index >= 15 is 0 Å². The minimum atomic E-state index is -4.06. The number of aryl methyl sites for hydroxylation is 1. The lowest BCUT2D eigenvalue weighted by Crippen LogP contribution is -2.41. The van der Waals surface area contributed by atoms with E-state index < -0.39 is 34.3 Å². The van der Waals surface area contributed by atoms with E-state index in [-0.39, 0.29) is 17.0 Å². The van der Waals surface area contributed by atoms with Gasteiger partial charge in [0.1, 0.15) is 11.6 Å². The molecule has 0 fully saturated rings. The molecule has 0 aliphatic carbocycles. The van der Waals surface area contributed by atoms with Crippen molar-refractivity contribution in [1.29, 1.82) is 0 Å². The van der Waals surface area contributed by atoms with Crippen LogP contribution in [-0.2, 0) is 21.4 Å². The van der Waals surface area contributed by atoms with Crippen LogP contribution in [0.2, 0.25) is 0 Å². The highest BCUT2D eigenvalue weighted by atomic mass is 32.2. The summed E-state index contributed by atoms with van der Waals surface area (Å²) in [7, 11) is -2.52. The Hall–Kier alpha value is -3.23. The van der Waals surface area contributed by atoms with Crippen LogP contribution in [0.3, 0.4) is 0 Å². The van der Waals surface area contributed by atoms with Gasteiger partial charge >= 0.3 is 0 Å². The van der Waals surface area contributed by atoms with Crippen molar-refractivity contribution in [2.24, 2.45) is 0 Å². The molecule has 1 amide bonds. The van der Waals surface area contributed by atoms with Gasteiger partial charge in [0.05, 0.1) is 24.6 Å². The average molecular weight is 471 g/mol. The van der Waals surface area contributed by atoms with Crippen molar-refractivity contribution in [2.45, 2.75) is 31.3 Å². The molecular formula is C25H27FN2O4S. The predicted molar refractivity (Wildman–Crippen MR) is 125 cm³/mol. The summed E-state index contributed by atoms with van der Waals surface area (Å²) in [5.41, 5.74) is 1.84. The molecule has 0 bridgehead atoms. The number of nitrogens with zero attached hydrogens (tertiary/aromatic N) is 1. The number of para-hydroxylation sites is 1. The molecule has 3 aromatic rings. The normalized spacial score (nSPS) is 12.4. The van der Waals surface area contributed by atoms with E-state index in [1.165, 1.54) is 37.4 Å². The molecule has 174 valence electrons. The van der Waals surface area contributed by atoms with Crippen molar-refractivity contribution in [3.8, 4) is 5.75 Å². The van der Waals surface area contributed by atoms with Crippen LogP contribution in [0.1, 0.15) is 29.7 Å². The van der Waals surface area contributed by atoms with E-state index in [1.54, 1.807) is 31.2 Å². The van der Waals surface area contributed by atoms with Gasteiger partial charge in [0.25, 0.3) is 0 Å². The number of carbonyl (C=O) groups is 1. The third kappa shape index (κ3) is 5.97. The van der Waals surface area contributed by atoms with Crippen molar-refractivity contribution in [3.05, 3.63) is 95.3 Å². The zero-order chi connectivity index (χ0) is 24.0. The maximum atomic E-state index is 14.3. The van der Waals surface area contributed by atoms with Crippen LogP contribution in [0.25, 0.3) is 0 Å². The van der Waals surface area contributed by atoms with Crippen LogP contribution >= 0.6 is 0 Å². The summed E-state index contributed by atoms with van der Waals surface area (Å²) in [6, 6.07) is 19.1. The van der Waals surface area contributed by atoms with Gasteiger partial charge in [0.2, 0.25) is 15.9 Å². The summed E-state index contributed by atoms with van der Waals surface area (Å²) < 4.78 is 47.3. The van der Waals surface area contributed by atoms with Gasteiger partial charge in [-0.05, 0) is 38.1 Å². The molecule has 0 heterocycles. The number of sulfonamides is 1. The molecule has 0 unspecified atom stereocenters. The van der Waals surface area contributed by atoms with Gasteiger partial charge in [-0.25, -0.2) is 12.8 Å². The number of nitrogens with one attached hydrogen (secondary N) is 1. The van der Waals surface area contributed by atoms with Crippen molar-refractivity contribution in [1.82, 2.24) is 9.62 Å². The van der Waals surface area contributed by atoms with E-state index in [0.717, 1.165) is 15.4 Å². The summed E-state index contributed by atoms with van der Waals surface area (Å²) in [5, 5.41) is 2.82. The first kappa shape index (κ1) is 24.4. The first-order valence-electron chi connectivity index (χ1n) is 10.4. The fourth-order valence-corrected chi connectivity index (χ4v) is 4.83. The highest BCUT2D eigenvalue weighted by Crippen LogP contribution is 2.25. The number of rotatable bonds is 9. The zero-order valence-electron chi connectivity index (χ0n) is 18.8. The number of halogens is 1. The molecule has 33 heavy (non-hydrogen) atoms. The summed E-state index contributed by atoms with van der Waals surface area (Å²) in [4.78, 5) is 12.9. The summed E-state index contributed by atoms with van der Waals surface area (Å²) >= 11 is 0. The lowest BCUT2D eigenvalue weighted by molar-refractivity contribution is -0.122.